The van der Waals surface area contributed by atoms with E-state index in [1.165, 1.54) is 117 Å². The van der Waals surface area contributed by atoms with Gasteiger partial charge in [0.15, 0.2) is 0 Å². The molecular weight excluding hydrogens is 793 g/mol. The first kappa shape index (κ1) is 49.7. The lowest BCUT2D eigenvalue weighted by Gasteiger charge is -2.19. The van der Waals surface area contributed by atoms with Crippen molar-refractivity contribution in [2.45, 2.75) is 156 Å². The molecule has 64 heavy (non-hydrogen) atoms. The van der Waals surface area contributed by atoms with Crippen molar-refractivity contribution in [2.24, 2.45) is 0 Å². The second-order valence-electron chi connectivity index (χ2n) is 17.3. The molecule has 0 spiro atoms. The number of hydrogen-bond donors (Lipinski definition) is 0. The second kappa shape index (κ2) is 28.4. The number of ether oxygens (including phenoxy) is 4. The molecule has 342 valence electrons. The predicted octanol–water partition coefficient (Wildman–Crippen LogP) is 16.8. The Bertz CT molecular complexity index is 1930. The molecule has 5 aromatic carbocycles. The van der Waals surface area contributed by atoms with Gasteiger partial charge in [0.05, 0.1) is 13.2 Å². The quantitative estimate of drug-likeness (QED) is 0.0260. The summed E-state index contributed by atoms with van der Waals surface area (Å²) in [5.74, 6) is 2.10. The van der Waals surface area contributed by atoms with Crippen LogP contribution in [0.4, 0.5) is 0 Å². The molecule has 0 heterocycles. The van der Waals surface area contributed by atoms with Crippen molar-refractivity contribution in [3.05, 3.63) is 109 Å². The fraction of sp³-hybridized carbons (Fsp3) is 0.448. The molecule has 0 unspecified atom stereocenters. The molecule has 0 atom stereocenters. The molecule has 0 saturated heterocycles. The van der Waals surface area contributed by atoms with Gasteiger partial charge in [0, 0.05) is 25.0 Å². The first-order chi connectivity index (χ1) is 31.3. The van der Waals surface area contributed by atoms with Crippen molar-refractivity contribution in [3.63, 3.8) is 0 Å². The average Bonchev–Trinajstić information content (AvgIpc) is 3.30. The van der Waals surface area contributed by atoms with E-state index in [9.17, 15) is 9.59 Å². The number of carbonyl (C=O) groups is 2. The number of carbonyl (C=O) groups excluding carboxylic acids is 2. The molecule has 0 fully saturated rings. The van der Waals surface area contributed by atoms with E-state index in [4.69, 9.17) is 18.9 Å². The highest BCUT2D eigenvalue weighted by atomic mass is 16.5. The Morgan fingerprint density at radius 2 is 0.594 bits per heavy atom. The molecule has 0 aliphatic rings. The van der Waals surface area contributed by atoms with Crippen LogP contribution in [0.15, 0.2) is 109 Å². The van der Waals surface area contributed by atoms with Crippen molar-refractivity contribution in [2.75, 3.05) is 13.2 Å². The Morgan fingerprint density at radius 3 is 0.875 bits per heavy atom. The number of benzene rings is 5. The molecule has 5 rings (SSSR count). The monoisotopic (exact) mass is 867 g/mol. The zero-order valence-electron chi connectivity index (χ0n) is 39.4. The first-order valence-corrected chi connectivity index (χ1v) is 24.6. The topological polar surface area (TPSA) is 71.1 Å². The molecule has 0 amide bonds. The fourth-order valence-electron chi connectivity index (χ4n) is 8.24. The Morgan fingerprint density at radius 1 is 0.344 bits per heavy atom. The van der Waals surface area contributed by atoms with E-state index in [2.05, 4.69) is 74.5 Å². The van der Waals surface area contributed by atoms with Gasteiger partial charge in [0.25, 0.3) is 0 Å². The van der Waals surface area contributed by atoms with Gasteiger partial charge in [-0.15, -0.1) is 0 Å². The van der Waals surface area contributed by atoms with Gasteiger partial charge in [-0.25, -0.2) is 0 Å². The van der Waals surface area contributed by atoms with E-state index in [-0.39, 0.29) is 11.9 Å². The SMILES string of the molecule is CCCCCCCCCCCCOc1cc(-c2ccc(-c3ccc(OC(C)=O)cc3)cc2)c(OCCCCCCCCCCCC)cc1-c1ccc(-c2ccc(OC(C)=O)cc2)cc1. The summed E-state index contributed by atoms with van der Waals surface area (Å²) in [4.78, 5) is 22.9. The summed E-state index contributed by atoms with van der Waals surface area (Å²) in [5.41, 5.74) is 8.36. The van der Waals surface area contributed by atoms with Crippen molar-refractivity contribution in [3.8, 4) is 67.5 Å². The summed E-state index contributed by atoms with van der Waals surface area (Å²) in [6.07, 6.45) is 25.5. The zero-order valence-corrected chi connectivity index (χ0v) is 39.4. The van der Waals surface area contributed by atoms with Gasteiger partial charge in [0.1, 0.15) is 23.0 Å². The third-order valence-corrected chi connectivity index (χ3v) is 11.9. The van der Waals surface area contributed by atoms with Gasteiger partial charge in [-0.05, 0) is 82.6 Å². The molecule has 6 nitrogen and oxygen atoms in total. The van der Waals surface area contributed by atoms with Gasteiger partial charge < -0.3 is 18.9 Å². The lowest BCUT2D eigenvalue weighted by molar-refractivity contribution is -0.132. The maximum absolute atomic E-state index is 11.5. The van der Waals surface area contributed by atoms with Crippen molar-refractivity contribution >= 4 is 11.9 Å². The molecular formula is C58H74O6. The van der Waals surface area contributed by atoms with E-state index in [1.54, 1.807) is 0 Å². The van der Waals surface area contributed by atoms with Crippen LogP contribution in [0.2, 0.25) is 0 Å². The molecule has 5 aromatic rings. The lowest BCUT2D eigenvalue weighted by Crippen LogP contribution is -2.03. The molecule has 0 saturated carbocycles. The number of rotatable bonds is 30. The van der Waals surface area contributed by atoms with Crippen molar-refractivity contribution in [1.82, 2.24) is 0 Å². The van der Waals surface area contributed by atoms with Crippen LogP contribution >= 0.6 is 0 Å². The van der Waals surface area contributed by atoms with E-state index in [0.717, 1.165) is 81.7 Å². The molecule has 0 N–H and O–H groups in total. The van der Waals surface area contributed by atoms with Gasteiger partial charge in [-0.2, -0.15) is 0 Å². The van der Waals surface area contributed by atoms with Crippen LogP contribution in [-0.2, 0) is 9.59 Å². The first-order valence-electron chi connectivity index (χ1n) is 24.6. The third-order valence-electron chi connectivity index (χ3n) is 11.9. The maximum Gasteiger partial charge on any atom is 0.308 e. The van der Waals surface area contributed by atoms with E-state index in [0.29, 0.717) is 24.7 Å². The highest BCUT2D eigenvalue weighted by Gasteiger charge is 2.17. The Balaban J connectivity index is 1.37. The van der Waals surface area contributed by atoms with Crippen LogP contribution in [-0.4, -0.2) is 25.2 Å². The molecule has 0 aliphatic heterocycles. The second-order valence-corrected chi connectivity index (χ2v) is 17.3. The van der Waals surface area contributed by atoms with Crippen LogP contribution in [0.5, 0.6) is 23.0 Å². The van der Waals surface area contributed by atoms with Crippen LogP contribution in [0.3, 0.4) is 0 Å². The summed E-state index contributed by atoms with van der Waals surface area (Å²) in [6.45, 7) is 8.67. The standard InChI is InChI=1S/C58H74O6/c1-5-7-9-11-13-15-17-19-21-23-41-61-57-43-56(52-31-27-48(28-32-52)50-35-39-54(40-36-50)64-46(4)60)58(62-42-24-22-20-18-16-14-12-10-8-6-2)44-55(57)51-29-25-47(26-30-51)49-33-37-53(38-34-49)63-45(3)59/h25-40,43-44H,5-24,41-42H2,1-4H3. The number of unbranched alkanes of at least 4 members (excludes halogenated alkanes) is 18. The van der Waals surface area contributed by atoms with Crippen molar-refractivity contribution in [1.29, 1.82) is 0 Å². The Labute approximate surface area is 385 Å². The summed E-state index contributed by atoms with van der Waals surface area (Å²) in [6, 6.07) is 36.8. The minimum absolute atomic E-state index is 0.331. The van der Waals surface area contributed by atoms with Crippen LogP contribution < -0.4 is 18.9 Å². The maximum atomic E-state index is 11.5. The molecule has 0 radical (unpaired) electrons. The van der Waals surface area contributed by atoms with E-state index < -0.39 is 0 Å². The summed E-state index contributed by atoms with van der Waals surface area (Å²) < 4.78 is 24.0. The van der Waals surface area contributed by atoms with Gasteiger partial charge >= 0.3 is 11.9 Å². The molecule has 0 bridgehead atoms. The summed E-state index contributed by atoms with van der Waals surface area (Å²) in [5, 5.41) is 0. The Kier molecular flexibility index (Phi) is 22.1. The van der Waals surface area contributed by atoms with E-state index in [1.807, 2.05) is 48.5 Å². The van der Waals surface area contributed by atoms with E-state index >= 15 is 0 Å². The van der Waals surface area contributed by atoms with Gasteiger partial charge in [-0.3, -0.25) is 9.59 Å². The zero-order chi connectivity index (χ0) is 45.2. The van der Waals surface area contributed by atoms with Gasteiger partial charge in [-0.1, -0.05) is 202 Å². The largest absolute Gasteiger partial charge is 0.493 e. The highest BCUT2D eigenvalue weighted by Crippen LogP contribution is 2.42. The normalized spacial score (nSPS) is 11.1. The van der Waals surface area contributed by atoms with Crippen molar-refractivity contribution < 1.29 is 28.5 Å². The molecule has 0 aliphatic carbocycles. The van der Waals surface area contributed by atoms with Crippen LogP contribution in [0.25, 0.3) is 44.5 Å². The third kappa shape index (κ3) is 17.3. The van der Waals surface area contributed by atoms with Gasteiger partial charge in [0.2, 0.25) is 0 Å². The number of esters is 2. The van der Waals surface area contributed by atoms with Crippen LogP contribution in [0, 0.1) is 0 Å². The van der Waals surface area contributed by atoms with Crippen LogP contribution in [0.1, 0.15) is 156 Å². The lowest BCUT2D eigenvalue weighted by atomic mass is 9.95. The smallest absolute Gasteiger partial charge is 0.308 e. The minimum Gasteiger partial charge on any atom is -0.493 e. The summed E-state index contributed by atoms with van der Waals surface area (Å²) >= 11 is 0. The predicted molar refractivity (Wildman–Crippen MR) is 265 cm³/mol. The highest BCUT2D eigenvalue weighted by molar-refractivity contribution is 5.83. The average molecular weight is 867 g/mol. The molecule has 6 heteroatoms. The molecule has 0 aromatic heterocycles. The number of hydrogen-bond acceptors (Lipinski definition) is 6. The minimum atomic E-state index is -0.331. The Hall–Kier alpha value is -5.36. The fourth-order valence-corrected chi connectivity index (χ4v) is 8.24. The summed E-state index contributed by atoms with van der Waals surface area (Å²) in [7, 11) is 0.